The fourth-order valence-corrected chi connectivity index (χ4v) is 3.46. The number of hydrogen-bond acceptors (Lipinski definition) is 7. The van der Waals surface area contributed by atoms with Crippen molar-refractivity contribution >= 4 is 17.7 Å². The van der Waals surface area contributed by atoms with Gasteiger partial charge in [0.25, 0.3) is 5.69 Å². The van der Waals surface area contributed by atoms with E-state index in [2.05, 4.69) is 5.32 Å². The molecule has 0 bridgehead atoms. The van der Waals surface area contributed by atoms with E-state index in [4.69, 9.17) is 14.2 Å². The number of likely N-dealkylation sites (tertiary alicyclic amines) is 1. The Morgan fingerprint density at radius 1 is 1.34 bits per heavy atom. The summed E-state index contributed by atoms with van der Waals surface area (Å²) in [5.74, 6) is 0.465. The van der Waals surface area contributed by atoms with E-state index in [1.165, 1.54) is 33.3 Å². The molecule has 0 radical (unpaired) electrons. The largest absolute Gasteiger partial charge is 0.493 e. The molecule has 2 rings (SSSR count). The van der Waals surface area contributed by atoms with Crippen molar-refractivity contribution in [3.05, 3.63) is 27.8 Å². The molecular weight excluding hydrogens is 382 g/mol. The van der Waals surface area contributed by atoms with Crippen LogP contribution in [-0.4, -0.2) is 48.3 Å². The molecule has 3 atom stereocenters. The minimum Gasteiger partial charge on any atom is -0.493 e. The molecule has 1 aromatic carbocycles. The van der Waals surface area contributed by atoms with Crippen LogP contribution in [0, 0.1) is 10.1 Å². The Labute approximate surface area is 169 Å². The van der Waals surface area contributed by atoms with Crippen LogP contribution in [0.2, 0.25) is 0 Å². The first kappa shape index (κ1) is 22.3. The van der Waals surface area contributed by atoms with E-state index in [1.807, 2.05) is 13.8 Å². The summed E-state index contributed by atoms with van der Waals surface area (Å²) in [6.45, 7) is 5.31. The van der Waals surface area contributed by atoms with Crippen molar-refractivity contribution < 1.29 is 28.7 Å². The highest BCUT2D eigenvalue weighted by atomic mass is 16.6. The number of nitro groups is 1. The van der Waals surface area contributed by atoms with E-state index in [0.717, 1.165) is 6.42 Å². The summed E-state index contributed by atoms with van der Waals surface area (Å²) < 4.78 is 15.7. The van der Waals surface area contributed by atoms with Gasteiger partial charge in [0, 0.05) is 12.5 Å². The third-order valence-corrected chi connectivity index (χ3v) is 5.00. The van der Waals surface area contributed by atoms with Crippen LogP contribution < -0.4 is 14.8 Å². The van der Waals surface area contributed by atoms with Crippen LogP contribution in [0.1, 0.15) is 51.7 Å². The molecule has 1 heterocycles. The topological polar surface area (TPSA) is 120 Å². The molecule has 1 N–H and O–H groups in total. The Morgan fingerprint density at radius 3 is 2.45 bits per heavy atom. The van der Waals surface area contributed by atoms with E-state index >= 15 is 0 Å². The second-order valence-corrected chi connectivity index (χ2v) is 6.83. The van der Waals surface area contributed by atoms with Crippen LogP contribution >= 0.6 is 0 Å². The molecule has 10 nitrogen and oxygen atoms in total. The summed E-state index contributed by atoms with van der Waals surface area (Å²) in [4.78, 5) is 37.0. The first-order valence-corrected chi connectivity index (χ1v) is 9.42. The third kappa shape index (κ3) is 4.87. The Hall–Kier alpha value is -3.04. The number of amides is 2. The van der Waals surface area contributed by atoms with E-state index in [0.29, 0.717) is 12.8 Å². The van der Waals surface area contributed by atoms with Crippen LogP contribution in [-0.2, 0) is 9.53 Å². The van der Waals surface area contributed by atoms with Crippen LogP contribution in [0.25, 0.3) is 0 Å². The number of benzene rings is 1. The number of alkyl carbamates (subject to hydrolysis) is 1. The molecule has 0 aliphatic carbocycles. The molecule has 0 aromatic heterocycles. The lowest BCUT2D eigenvalue weighted by molar-refractivity contribution is -0.386. The number of hydrogen-bond donors (Lipinski definition) is 1. The second kappa shape index (κ2) is 9.44. The average molecular weight is 409 g/mol. The Bertz CT molecular complexity index is 783. The van der Waals surface area contributed by atoms with E-state index in [9.17, 15) is 19.7 Å². The molecule has 1 aliphatic heterocycles. The summed E-state index contributed by atoms with van der Waals surface area (Å²) >= 11 is 0. The number of carbonyl (C=O) groups is 2. The lowest BCUT2D eigenvalue weighted by Crippen LogP contribution is -2.51. The predicted molar refractivity (Wildman–Crippen MR) is 104 cm³/mol. The molecule has 10 heteroatoms. The van der Waals surface area contributed by atoms with Gasteiger partial charge in [0.2, 0.25) is 5.91 Å². The minimum absolute atomic E-state index is 0.0202. The zero-order valence-electron chi connectivity index (χ0n) is 17.3. The number of nitrogens with zero attached hydrogens (tertiary/aromatic N) is 2. The number of methoxy groups -OCH3 is 2. The molecule has 0 spiro atoms. The maximum Gasteiger partial charge on any atom is 0.409 e. The van der Waals surface area contributed by atoms with Crippen molar-refractivity contribution in [3.63, 3.8) is 0 Å². The molecule has 160 valence electrons. The van der Waals surface area contributed by atoms with Crippen LogP contribution in [0.15, 0.2) is 12.1 Å². The van der Waals surface area contributed by atoms with Crippen molar-refractivity contribution in [2.24, 2.45) is 0 Å². The fourth-order valence-electron chi connectivity index (χ4n) is 3.46. The molecule has 1 fully saturated rings. The molecule has 1 aliphatic rings. The van der Waals surface area contributed by atoms with Crippen molar-refractivity contribution in [3.8, 4) is 11.5 Å². The summed E-state index contributed by atoms with van der Waals surface area (Å²) in [7, 11) is 2.78. The number of rotatable bonds is 8. The molecular formula is C19H27N3O7. The zero-order chi connectivity index (χ0) is 21.7. The van der Waals surface area contributed by atoms with Crippen molar-refractivity contribution in [1.82, 2.24) is 10.2 Å². The van der Waals surface area contributed by atoms with E-state index in [-0.39, 0.29) is 34.7 Å². The standard InChI is InChI=1S/C19H27N3O7/c1-6-17(21-11(2)7-8-18(21)23)20-19(24)29-12(3)13-9-15(27-4)16(28-5)10-14(13)22(25)26/h9-12,17H,6-8H2,1-5H3,(H,20,24). The fraction of sp³-hybridized carbons (Fsp3) is 0.579. The first-order valence-electron chi connectivity index (χ1n) is 9.42. The number of ether oxygens (including phenoxy) is 3. The summed E-state index contributed by atoms with van der Waals surface area (Å²) in [6, 6.07) is 2.67. The molecule has 29 heavy (non-hydrogen) atoms. The lowest BCUT2D eigenvalue weighted by atomic mass is 10.1. The Morgan fingerprint density at radius 2 is 1.97 bits per heavy atom. The van der Waals surface area contributed by atoms with Gasteiger partial charge in [-0.15, -0.1) is 0 Å². The molecule has 1 saturated heterocycles. The smallest absolute Gasteiger partial charge is 0.409 e. The zero-order valence-corrected chi connectivity index (χ0v) is 17.3. The second-order valence-electron chi connectivity index (χ2n) is 6.83. The predicted octanol–water partition coefficient (Wildman–Crippen LogP) is 3.15. The summed E-state index contributed by atoms with van der Waals surface area (Å²) in [5.41, 5.74) is -0.0835. The van der Waals surface area contributed by atoms with Crippen LogP contribution in [0.4, 0.5) is 10.5 Å². The van der Waals surface area contributed by atoms with Gasteiger partial charge in [0.1, 0.15) is 12.3 Å². The van der Waals surface area contributed by atoms with Gasteiger partial charge in [-0.05, 0) is 32.8 Å². The molecule has 0 saturated carbocycles. The van der Waals surface area contributed by atoms with Crippen molar-refractivity contribution in [1.29, 1.82) is 0 Å². The van der Waals surface area contributed by atoms with Gasteiger partial charge in [-0.1, -0.05) is 6.92 Å². The molecule has 1 aromatic rings. The van der Waals surface area contributed by atoms with Gasteiger partial charge in [-0.25, -0.2) is 4.79 Å². The van der Waals surface area contributed by atoms with E-state index < -0.39 is 23.3 Å². The highest BCUT2D eigenvalue weighted by molar-refractivity contribution is 5.79. The van der Waals surface area contributed by atoms with Crippen LogP contribution in [0.3, 0.4) is 0 Å². The number of nitrogens with one attached hydrogen (secondary N) is 1. The summed E-state index contributed by atoms with van der Waals surface area (Å²) in [6.07, 6.45) is -0.501. The van der Waals surface area contributed by atoms with Gasteiger partial charge in [-0.3, -0.25) is 14.9 Å². The quantitative estimate of drug-likeness (QED) is 0.517. The van der Waals surface area contributed by atoms with Gasteiger partial charge in [-0.2, -0.15) is 0 Å². The SMILES string of the molecule is CCC(NC(=O)OC(C)c1cc(OC)c(OC)cc1[N+](=O)[O-])N1C(=O)CCC1C. The van der Waals surface area contributed by atoms with Gasteiger partial charge >= 0.3 is 6.09 Å². The van der Waals surface area contributed by atoms with Gasteiger partial charge in [0.15, 0.2) is 11.5 Å². The molecule has 3 unspecified atom stereocenters. The number of carbonyl (C=O) groups excluding carboxylic acids is 2. The van der Waals surface area contributed by atoms with E-state index in [1.54, 1.807) is 4.90 Å². The van der Waals surface area contributed by atoms with Crippen molar-refractivity contribution in [2.45, 2.75) is 58.3 Å². The van der Waals surface area contributed by atoms with Gasteiger partial charge in [0.05, 0.1) is 30.8 Å². The van der Waals surface area contributed by atoms with Crippen LogP contribution in [0.5, 0.6) is 11.5 Å². The Kier molecular flexibility index (Phi) is 7.24. The lowest BCUT2D eigenvalue weighted by Gasteiger charge is -2.31. The third-order valence-electron chi connectivity index (χ3n) is 5.00. The first-order chi connectivity index (χ1) is 13.7. The highest BCUT2D eigenvalue weighted by Gasteiger charge is 2.34. The normalized spacial score (nSPS) is 18.2. The van der Waals surface area contributed by atoms with Gasteiger partial charge < -0.3 is 24.4 Å². The Balaban J connectivity index is 2.18. The molecule has 2 amide bonds. The number of nitro benzene ring substituents is 1. The summed E-state index contributed by atoms with van der Waals surface area (Å²) in [5, 5.41) is 14.1. The maximum atomic E-state index is 12.4. The average Bonchev–Trinajstić information content (AvgIpc) is 3.02. The van der Waals surface area contributed by atoms with Crippen molar-refractivity contribution in [2.75, 3.05) is 14.2 Å². The maximum absolute atomic E-state index is 12.4. The highest BCUT2D eigenvalue weighted by Crippen LogP contribution is 2.38. The minimum atomic E-state index is -0.931. The monoisotopic (exact) mass is 409 g/mol.